The van der Waals surface area contributed by atoms with Crippen LogP contribution < -0.4 is 9.47 Å². The van der Waals surface area contributed by atoms with E-state index >= 15 is 0 Å². The van der Waals surface area contributed by atoms with E-state index in [1.807, 2.05) is 54.7 Å². The Morgan fingerprint density at radius 1 is 0.486 bits per heavy atom. The van der Waals surface area contributed by atoms with Crippen LogP contribution in [-0.2, 0) is 0 Å². The van der Waals surface area contributed by atoms with Crippen LogP contribution in [0.2, 0.25) is 0 Å². The van der Waals surface area contributed by atoms with Crippen LogP contribution in [-0.4, -0.2) is 19.4 Å². The van der Waals surface area contributed by atoms with Gasteiger partial charge in [-0.25, -0.2) is 0 Å². The fraction of sp³-hybridized carbons (Fsp3) is 0.618. The second-order valence-corrected chi connectivity index (χ2v) is 10.3. The molecule has 0 heterocycles. The van der Waals surface area contributed by atoms with E-state index in [-0.39, 0.29) is 0 Å². The zero-order chi connectivity index (χ0) is 26.2. The van der Waals surface area contributed by atoms with Gasteiger partial charge in [-0.15, -0.1) is 0 Å². The van der Waals surface area contributed by atoms with E-state index in [2.05, 4.69) is 18.8 Å². The highest BCUT2D eigenvalue weighted by molar-refractivity contribution is 5.82. The minimum atomic E-state index is 0.787. The van der Waals surface area contributed by atoms with Crippen LogP contribution in [0.25, 0.3) is 0 Å². The van der Waals surface area contributed by atoms with Gasteiger partial charge in [-0.2, -0.15) is 0 Å². The van der Waals surface area contributed by atoms with Crippen molar-refractivity contribution in [3.05, 3.63) is 54.1 Å². The van der Waals surface area contributed by atoms with Gasteiger partial charge in [0.25, 0.3) is 0 Å². The highest BCUT2D eigenvalue weighted by Gasteiger charge is 1.98. The first-order valence-corrected chi connectivity index (χ1v) is 15.3. The predicted octanol–water partition coefficient (Wildman–Crippen LogP) is 10.9. The van der Waals surface area contributed by atoms with Crippen molar-refractivity contribution in [2.75, 3.05) is 13.2 Å². The molecule has 0 saturated carbocycles. The molecule has 206 valence electrons. The molecule has 0 aliphatic heterocycles. The molecule has 0 radical (unpaired) electrons. The lowest BCUT2D eigenvalue weighted by Crippen LogP contribution is -1.97. The first-order valence-electron chi connectivity index (χ1n) is 15.3. The van der Waals surface area contributed by atoms with Gasteiger partial charge in [-0.05, 0) is 66.9 Å². The summed E-state index contributed by atoms with van der Waals surface area (Å²) in [5, 5.41) is 0. The lowest BCUT2D eigenvalue weighted by Gasteiger charge is -2.07. The number of hydrogen-bond acceptors (Lipinski definition) is 3. The Morgan fingerprint density at radius 2 is 0.865 bits per heavy atom. The molecule has 0 aliphatic carbocycles. The Kier molecular flexibility index (Phi) is 18.2. The zero-order valence-electron chi connectivity index (χ0n) is 23.9. The van der Waals surface area contributed by atoms with Crippen molar-refractivity contribution in [3.8, 4) is 11.5 Å². The minimum absolute atomic E-state index is 0.787. The van der Waals surface area contributed by atoms with Crippen molar-refractivity contribution >= 4 is 11.9 Å². The summed E-state index contributed by atoms with van der Waals surface area (Å²) >= 11 is 0. The van der Waals surface area contributed by atoms with Gasteiger partial charge in [-0.3, -0.25) is 4.99 Å². The van der Waals surface area contributed by atoms with Crippen LogP contribution in [0.15, 0.2) is 53.5 Å². The number of ether oxygens (including phenoxy) is 2. The summed E-state index contributed by atoms with van der Waals surface area (Å²) in [6.07, 6.45) is 24.7. The molecule has 0 N–H and O–H groups in total. The third-order valence-corrected chi connectivity index (χ3v) is 6.86. The van der Waals surface area contributed by atoms with Crippen molar-refractivity contribution in [2.45, 2.75) is 123 Å². The van der Waals surface area contributed by atoms with E-state index in [1.165, 1.54) is 96.3 Å². The SMILES string of the molecule is CCCCCCCCCCCCCCCCOc1ccc(N=Cc2ccc(OCCCCC)cc2)cc1. The van der Waals surface area contributed by atoms with Gasteiger partial charge in [0.05, 0.1) is 18.9 Å². The molecule has 0 aromatic heterocycles. The molecule has 37 heavy (non-hydrogen) atoms. The standard InChI is InChI=1S/C34H53NO2/c1-3-5-7-8-9-10-11-12-13-14-15-16-17-19-29-37-34-26-22-32(23-27-34)35-30-31-20-24-33(25-21-31)36-28-18-6-4-2/h20-27,30H,3-19,28-29H2,1-2H3. The molecule has 0 amide bonds. The summed E-state index contributed by atoms with van der Waals surface area (Å²) in [5.74, 6) is 1.85. The highest BCUT2D eigenvalue weighted by atomic mass is 16.5. The average molecular weight is 508 g/mol. The maximum absolute atomic E-state index is 5.93. The Balaban J connectivity index is 1.47. The van der Waals surface area contributed by atoms with Crippen LogP contribution in [0.3, 0.4) is 0 Å². The Morgan fingerprint density at radius 3 is 1.35 bits per heavy atom. The summed E-state index contributed by atoms with van der Waals surface area (Å²) in [4.78, 5) is 4.59. The van der Waals surface area contributed by atoms with E-state index in [9.17, 15) is 0 Å². The summed E-state index contributed by atoms with van der Waals surface area (Å²) < 4.78 is 11.7. The second-order valence-electron chi connectivity index (χ2n) is 10.3. The van der Waals surface area contributed by atoms with E-state index in [1.54, 1.807) is 0 Å². The van der Waals surface area contributed by atoms with Gasteiger partial charge in [0.1, 0.15) is 11.5 Å². The molecular weight excluding hydrogens is 454 g/mol. The molecule has 2 aromatic carbocycles. The van der Waals surface area contributed by atoms with Crippen LogP contribution >= 0.6 is 0 Å². The Hall–Kier alpha value is -2.29. The fourth-order valence-electron chi connectivity index (χ4n) is 4.46. The van der Waals surface area contributed by atoms with Gasteiger partial charge in [0.15, 0.2) is 0 Å². The number of aliphatic imine (C=N–C) groups is 1. The van der Waals surface area contributed by atoms with Crippen LogP contribution in [0.1, 0.15) is 129 Å². The second kappa shape index (κ2) is 21.8. The smallest absolute Gasteiger partial charge is 0.119 e. The van der Waals surface area contributed by atoms with E-state index < -0.39 is 0 Å². The summed E-state index contributed by atoms with van der Waals surface area (Å²) in [5.41, 5.74) is 2.00. The topological polar surface area (TPSA) is 30.8 Å². The average Bonchev–Trinajstić information content (AvgIpc) is 2.93. The van der Waals surface area contributed by atoms with Crippen molar-refractivity contribution in [1.29, 1.82) is 0 Å². The van der Waals surface area contributed by atoms with E-state index in [0.717, 1.165) is 48.8 Å². The normalized spacial score (nSPS) is 11.3. The van der Waals surface area contributed by atoms with Crippen LogP contribution in [0, 0.1) is 0 Å². The van der Waals surface area contributed by atoms with E-state index in [0.29, 0.717) is 0 Å². The molecule has 0 aliphatic rings. The zero-order valence-corrected chi connectivity index (χ0v) is 23.9. The minimum Gasteiger partial charge on any atom is -0.494 e. The molecule has 0 fully saturated rings. The summed E-state index contributed by atoms with van der Waals surface area (Å²) in [6, 6.07) is 16.2. The van der Waals surface area contributed by atoms with Crippen LogP contribution in [0.5, 0.6) is 11.5 Å². The highest BCUT2D eigenvalue weighted by Crippen LogP contribution is 2.19. The summed E-state index contributed by atoms with van der Waals surface area (Å²) in [6.45, 7) is 6.08. The van der Waals surface area contributed by atoms with Gasteiger partial charge in [0, 0.05) is 6.21 Å². The number of benzene rings is 2. The van der Waals surface area contributed by atoms with Gasteiger partial charge in [-0.1, -0.05) is 110 Å². The fourth-order valence-corrected chi connectivity index (χ4v) is 4.46. The Bertz CT molecular complexity index is 798. The lowest BCUT2D eigenvalue weighted by atomic mass is 10.0. The van der Waals surface area contributed by atoms with Crippen molar-refractivity contribution in [2.24, 2.45) is 4.99 Å². The van der Waals surface area contributed by atoms with Gasteiger partial charge >= 0.3 is 0 Å². The number of unbranched alkanes of at least 4 members (excludes halogenated alkanes) is 15. The monoisotopic (exact) mass is 507 g/mol. The van der Waals surface area contributed by atoms with Crippen molar-refractivity contribution in [3.63, 3.8) is 0 Å². The molecule has 0 unspecified atom stereocenters. The number of nitrogens with zero attached hydrogens (tertiary/aromatic N) is 1. The van der Waals surface area contributed by atoms with E-state index in [4.69, 9.17) is 9.47 Å². The maximum atomic E-state index is 5.93. The largest absolute Gasteiger partial charge is 0.494 e. The van der Waals surface area contributed by atoms with Crippen LogP contribution in [0.4, 0.5) is 5.69 Å². The molecule has 0 atom stereocenters. The Labute approximate surface area is 228 Å². The quantitative estimate of drug-likeness (QED) is 0.111. The molecule has 0 bridgehead atoms. The predicted molar refractivity (Wildman–Crippen MR) is 161 cm³/mol. The lowest BCUT2D eigenvalue weighted by molar-refractivity contribution is 0.304. The molecule has 3 heteroatoms. The summed E-state index contributed by atoms with van der Waals surface area (Å²) in [7, 11) is 0. The molecule has 0 saturated heterocycles. The molecule has 0 spiro atoms. The molecular formula is C34H53NO2. The van der Waals surface area contributed by atoms with Gasteiger partial charge < -0.3 is 9.47 Å². The molecule has 3 nitrogen and oxygen atoms in total. The number of hydrogen-bond donors (Lipinski definition) is 0. The maximum Gasteiger partial charge on any atom is 0.119 e. The molecule has 2 rings (SSSR count). The first-order chi connectivity index (χ1) is 18.3. The number of rotatable bonds is 23. The first kappa shape index (κ1) is 30.9. The van der Waals surface area contributed by atoms with Crippen molar-refractivity contribution < 1.29 is 9.47 Å². The molecule has 2 aromatic rings. The third kappa shape index (κ3) is 16.2. The van der Waals surface area contributed by atoms with Crippen molar-refractivity contribution in [1.82, 2.24) is 0 Å². The van der Waals surface area contributed by atoms with Gasteiger partial charge in [0.2, 0.25) is 0 Å². The third-order valence-electron chi connectivity index (χ3n) is 6.86.